The maximum absolute atomic E-state index is 12.9. The molecule has 2 aromatic rings. The van der Waals surface area contributed by atoms with E-state index in [9.17, 15) is 14.0 Å². The second-order valence-corrected chi connectivity index (χ2v) is 8.16. The molecule has 1 N–H and O–H groups in total. The lowest BCUT2D eigenvalue weighted by molar-refractivity contribution is -0.0432. The van der Waals surface area contributed by atoms with Gasteiger partial charge in [-0.1, -0.05) is 24.3 Å². The van der Waals surface area contributed by atoms with E-state index in [0.29, 0.717) is 25.3 Å². The van der Waals surface area contributed by atoms with E-state index >= 15 is 0 Å². The number of hydrogen-bond acceptors (Lipinski definition) is 5. The van der Waals surface area contributed by atoms with Crippen molar-refractivity contribution in [1.29, 1.82) is 0 Å². The zero-order valence-corrected chi connectivity index (χ0v) is 17.8. The van der Waals surface area contributed by atoms with Crippen molar-refractivity contribution in [3.05, 3.63) is 71.0 Å². The molecule has 0 saturated carbocycles. The molecule has 1 aliphatic rings. The maximum Gasteiger partial charge on any atom is 0.410 e. The molecule has 2 amide bonds. The number of halogens is 1. The predicted molar refractivity (Wildman–Crippen MR) is 114 cm³/mol. The van der Waals surface area contributed by atoms with Gasteiger partial charge in [-0.25, -0.2) is 14.6 Å². The first-order valence-corrected chi connectivity index (χ1v) is 10.00. The number of carbonyl (C=O) groups excluding carboxylic acids is 2. The van der Waals surface area contributed by atoms with Crippen LogP contribution in [0.5, 0.6) is 0 Å². The fourth-order valence-corrected chi connectivity index (χ4v) is 2.97. The van der Waals surface area contributed by atoms with Crippen LogP contribution in [0, 0.1) is 5.82 Å². The second-order valence-electron chi connectivity index (χ2n) is 8.16. The van der Waals surface area contributed by atoms with E-state index in [2.05, 4.69) is 10.5 Å². The van der Waals surface area contributed by atoms with Crippen LogP contribution < -0.4 is 5.43 Å². The molecule has 0 radical (unpaired) electrons. The zero-order valence-electron chi connectivity index (χ0n) is 17.8. The van der Waals surface area contributed by atoms with Crippen LogP contribution in [0.25, 0.3) is 0 Å². The van der Waals surface area contributed by atoms with Crippen LogP contribution in [0.3, 0.4) is 0 Å². The van der Waals surface area contributed by atoms with Crippen LogP contribution in [-0.4, -0.2) is 48.4 Å². The molecule has 3 rings (SSSR count). The Morgan fingerprint density at radius 1 is 1.16 bits per heavy atom. The van der Waals surface area contributed by atoms with Gasteiger partial charge in [-0.05, 0) is 56.2 Å². The third kappa shape index (κ3) is 6.62. The van der Waals surface area contributed by atoms with Crippen molar-refractivity contribution in [2.45, 2.75) is 32.5 Å². The first-order valence-electron chi connectivity index (χ1n) is 10.00. The minimum atomic E-state index is -0.544. The number of hydrazone groups is 1. The standard InChI is InChI=1S/C23H26FN3O4/c1-23(2,3)31-22(29)27-12-13-30-20(15-27)17-6-4-16(5-7-17)14-25-26-21(28)18-8-10-19(24)11-9-18/h4-11,14,20H,12-13,15H2,1-3H3,(H,26,28). The molecule has 0 bridgehead atoms. The van der Waals surface area contributed by atoms with Gasteiger partial charge in [0, 0.05) is 12.1 Å². The van der Waals surface area contributed by atoms with Gasteiger partial charge in [-0.15, -0.1) is 0 Å². The number of benzene rings is 2. The van der Waals surface area contributed by atoms with E-state index in [1.807, 2.05) is 45.0 Å². The van der Waals surface area contributed by atoms with E-state index in [-0.39, 0.29) is 12.2 Å². The Kier molecular flexibility index (Phi) is 7.02. The Balaban J connectivity index is 1.55. The predicted octanol–water partition coefficient (Wildman–Crippen LogP) is 3.90. The summed E-state index contributed by atoms with van der Waals surface area (Å²) in [7, 11) is 0. The SMILES string of the molecule is CC(C)(C)OC(=O)N1CCOC(c2ccc(C=NNC(=O)c3ccc(F)cc3)cc2)C1. The highest BCUT2D eigenvalue weighted by Gasteiger charge is 2.28. The van der Waals surface area contributed by atoms with E-state index < -0.39 is 17.3 Å². The monoisotopic (exact) mass is 427 g/mol. The summed E-state index contributed by atoms with van der Waals surface area (Å²) >= 11 is 0. The van der Waals surface area contributed by atoms with Crippen LogP contribution in [0.2, 0.25) is 0 Å². The van der Waals surface area contributed by atoms with Crippen molar-refractivity contribution in [2.75, 3.05) is 19.7 Å². The molecule has 1 aliphatic heterocycles. The summed E-state index contributed by atoms with van der Waals surface area (Å²) in [6.45, 7) is 6.85. The summed E-state index contributed by atoms with van der Waals surface area (Å²) < 4.78 is 24.2. The highest BCUT2D eigenvalue weighted by molar-refractivity contribution is 5.94. The molecule has 0 aliphatic carbocycles. The highest BCUT2D eigenvalue weighted by atomic mass is 19.1. The normalized spacial score (nSPS) is 16.9. The van der Waals surface area contributed by atoms with Gasteiger partial charge < -0.3 is 14.4 Å². The van der Waals surface area contributed by atoms with Crippen molar-refractivity contribution in [1.82, 2.24) is 10.3 Å². The fourth-order valence-electron chi connectivity index (χ4n) is 2.97. The van der Waals surface area contributed by atoms with Gasteiger partial charge in [0.05, 0.1) is 19.4 Å². The Labute approximate surface area is 180 Å². The lowest BCUT2D eigenvalue weighted by atomic mass is 10.1. The zero-order chi connectivity index (χ0) is 22.4. The highest BCUT2D eigenvalue weighted by Crippen LogP contribution is 2.23. The second kappa shape index (κ2) is 9.70. The summed E-state index contributed by atoms with van der Waals surface area (Å²) in [5.41, 5.74) is 3.89. The minimum absolute atomic E-state index is 0.245. The molecule has 8 heteroatoms. The van der Waals surface area contributed by atoms with Crippen LogP contribution in [0.1, 0.15) is 48.4 Å². The van der Waals surface area contributed by atoms with Crippen molar-refractivity contribution in [2.24, 2.45) is 5.10 Å². The number of ether oxygens (including phenoxy) is 2. The van der Waals surface area contributed by atoms with Crippen molar-refractivity contribution in [3.8, 4) is 0 Å². The average molecular weight is 427 g/mol. The molecule has 31 heavy (non-hydrogen) atoms. The third-order valence-electron chi connectivity index (χ3n) is 4.51. The fraction of sp³-hybridized carbons (Fsp3) is 0.348. The van der Waals surface area contributed by atoms with E-state index in [0.717, 1.165) is 11.1 Å². The number of rotatable bonds is 4. The van der Waals surface area contributed by atoms with Gasteiger partial charge in [-0.2, -0.15) is 5.10 Å². The number of nitrogens with one attached hydrogen (secondary N) is 1. The Hall–Kier alpha value is -3.26. The molecule has 7 nitrogen and oxygen atoms in total. The number of nitrogens with zero attached hydrogens (tertiary/aromatic N) is 2. The Morgan fingerprint density at radius 3 is 2.48 bits per heavy atom. The van der Waals surface area contributed by atoms with Crippen molar-refractivity contribution in [3.63, 3.8) is 0 Å². The molecule has 0 aromatic heterocycles. The van der Waals surface area contributed by atoms with E-state index in [1.54, 1.807) is 4.90 Å². The lowest BCUT2D eigenvalue weighted by Gasteiger charge is -2.34. The maximum atomic E-state index is 12.9. The molecular formula is C23H26FN3O4. The Morgan fingerprint density at radius 2 is 1.84 bits per heavy atom. The molecule has 1 atom stereocenters. The van der Waals surface area contributed by atoms with Crippen LogP contribution in [-0.2, 0) is 9.47 Å². The van der Waals surface area contributed by atoms with Crippen molar-refractivity contribution >= 4 is 18.2 Å². The quantitative estimate of drug-likeness (QED) is 0.593. The van der Waals surface area contributed by atoms with Gasteiger partial charge in [0.25, 0.3) is 5.91 Å². The molecule has 0 spiro atoms. The lowest BCUT2D eigenvalue weighted by Crippen LogP contribution is -2.44. The first-order chi connectivity index (χ1) is 14.7. The van der Waals surface area contributed by atoms with Gasteiger partial charge in [0.2, 0.25) is 0 Å². The molecule has 1 heterocycles. The molecule has 1 unspecified atom stereocenters. The van der Waals surface area contributed by atoms with E-state index in [4.69, 9.17) is 9.47 Å². The molecule has 1 fully saturated rings. The molecule has 164 valence electrons. The number of amides is 2. The van der Waals surface area contributed by atoms with Crippen LogP contribution >= 0.6 is 0 Å². The number of carbonyl (C=O) groups is 2. The van der Waals surface area contributed by atoms with Crippen LogP contribution in [0.15, 0.2) is 53.6 Å². The summed E-state index contributed by atoms with van der Waals surface area (Å²) in [5.74, 6) is -0.831. The van der Waals surface area contributed by atoms with Gasteiger partial charge in [0.1, 0.15) is 17.5 Å². The topological polar surface area (TPSA) is 80.2 Å². The minimum Gasteiger partial charge on any atom is -0.444 e. The van der Waals surface area contributed by atoms with Gasteiger partial charge in [0.15, 0.2) is 0 Å². The first kappa shape index (κ1) is 22.4. The summed E-state index contributed by atoms with van der Waals surface area (Å²) in [6, 6.07) is 12.7. The summed E-state index contributed by atoms with van der Waals surface area (Å²) in [6.07, 6.45) is 0.923. The Bertz CT molecular complexity index is 937. The molecule has 2 aromatic carbocycles. The van der Waals surface area contributed by atoms with Crippen LogP contribution in [0.4, 0.5) is 9.18 Å². The largest absolute Gasteiger partial charge is 0.444 e. The molecular weight excluding hydrogens is 401 g/mol. The average Bonchev–Trinajstić information content (AvgIpc) is 2.73. The van der Waals surface area contributed by atoms with E-state index in [1.165, 1.54) is 30.5 Å². The third-order valence-corrected chi connectivity index (χ3v) is 4.51. The number of morpholine rings is 1. The van der Waals surface area contributed by atoms with Gasteiger partial charge >= 0.3 is 6.09 Å². The summed E-state index contributed by atoms with van der Waals surface area (Å²) in [5, 5.41) is 3.93. The summed E-state index contributed by atoms with van der Waals surface area (Å²) in [4.78, 5) is 25.9. The molecule has 1 saturated heterocycles. The van der Waals surface area contributed by atoms with Gasteiger partial charge in [-0.3, -0.25) is 4.79 Å². The van der Waals surface area contributed by atoms with Crippen molar-refractivity contribution < 1.29 is 23.5 Å². The number of hydrogen-bond donors (Lipinski definition) is 1. The smallest absolute Gasteiger partial charge is 0.410 e.